The van der Waals surface area contributed by atoms with Gasteiger partial charge in [0.25, 0.3) is 11.8 Å². The number of aliphatic hydroxyl groups excluding tert-OH is 1. The molecular weight excluding hydrogens is 444 g/mol. The molecule has 3 heterocycles. The number of amides is 2. The fraction of sp³-hybridized carbons (Fsp3) is 0.440. The molecule has 3 aliphatic rings. The van der Waals surface area contributed by atoms with Crippen molar-refractivity contribution < 1.29 is 28.2 Å². The third kappa shape index (κ3) is 4.90. The number of anilines is 2. The molecule has 0 aliphatic carbocycles. The normalized spacial score (nSPS) is 18.4. The van der Waals surface area contributed by atoms with Crippen molar-refractivity contribution in [2.45, 2.75) is 12.8 Å². The number of rotatable bonds is 5. The van der Waals surface area contributed by atoms with Crippen molar-refractivity contribution in [1.82, 2.24) is 4.90 Å². The molecular formula is C25H29F2N3O4. The molecule has 34 heavy (non-hydrogen) atoms. The monoisotopic (exact) mass is 473 g/mol. The number of nitrogens with one attached hydrogen (secondary N) is 1. The van der Waals surface area contributed by atoms with Gasteiger partial charge in [0.1, 0.15) is 5.69 Å². The van der Waals surface area contributed by atoms with E-state index in [1.54, 1.807) is 29.2 Å². The summed E-state index contributed by atoms with van der Waals surface area (Å²) in [6.07, 6.45) is 1.91. The van der Waals surface area contributed by atoms with Gasteiger partial charge in [-0.25, -0.2) is 8.78 Å². The van der Waals surface area contributed by atoms with Gasteiger partial charge in [0.15, 0.2) is 11.6 Å². The maximum atomic E-state index is 14.3. The summed E-state index contributed by atoms with van der Waals surface area (Å²) in [6, 6.07) is 9.42. The molecule has 7 nitrogen and oxygen atoms in total. The molecule has 0 aromatic heterocycles. The number of aliphatic hydroxyl groups is 1. The van der Waals surface area contributed by atoms with Crippen LogP contribution in [0.25, 0.3) is 0 Å². The SMILES string of the molecule is CN1C(=O)c2ccccc2C1=O.OCCNc1cc(F)c(N2CCC(C3COC3)CC2)c(F)c1. The number of halogens is 2. The molecule has 0 atom stereocenters. The Balaban J connectivity index is 0.000000192. The minimum atomic E-state index is -0.550. The first kappa shape index (κ1) is 24.1. The van der Waals surface area contributed by atoms with Gasteiger partial charge < -0.3 is 20.1 Å². The molecule has 2 N–H and O–H groups in total. The zero-order chi connectivity index (χ0) is 24.2. The molecule has 0 spiro atoms. The number of hydrogen-bond donors (Lipinski definition) is 2. The maximum Gasteiger partial charge on any atom is 0.261 e. The summed E-state index contributed by atoms with van der Waals surface area (Å²) in [4.78, 5) is 25.6. The number of hydrogen-bond acceptors (Lipinski definition) is 6. The molecule has 0 saturated carbocycles. The number of nitrogens with zero attached hydrogens (tertiary/aromatic N) is 2. The van der Waals surface area contributed by atoms with Gasteiger partial charge >= 0.3 is 0 Å². The maximum absolute atomic E-state index is 14.3. The predicted octanol–water partition coefficient (Wildman–Crippen LogP) is 3.14. The van der Waals surface area contributed by atoms with Crippen LogP contribution in [0.15, 0.2) is 36.4 Å². The summed E-state index contributed by atoms with van der Waals surface area (Å²) in [5, 5.41) is 11.5. The zero-order valence-electron chi connectivity index (χ0n) is 19.1. The Hall–Kier alpha value is -3.04. The van der Waals surface area contributed by atoms with Crippen LogP contribution in [0.2, 0.25) is 0 Å². The highest BCUT2D eigenvalue weighted by Crippen LogP contribution is 2.34. The second kappa shape index (κ2) is 10.5. The van der Waals surface area contributed by atoms with Crippen molar-refractivity contribution in [3.63, 3.8) is 0 Å². The van der Waals surface area contributed by atoms with Crippen molar-refractivity contribution in [3.05, 3.63) is 59.2 Å². The highest BCUT2D eigenvalue weighted by atomic mass is 19.1. The van der Waals surface area contributed by atoms with Crippen LogP contribution in [0.4, 0.5) is 20.2 Å². The first-order valence-electron chi connectivity index (χ1n) is 11.5. The largest absolute Gasteiger partial charge is 0.395 e. The number of imide groups is 1. The topological polar surface area (TPSA) is 82.1 Å². The van der Waals surface area contributed by atoms with Crippen molar-refractivity contribution in [3.8, 4) is 0 Å². The molecule has 0 bridgehead atoms. The lowest BCUT2D eigenvalue weighted by Crippen LogP contribution is -2.42. The van der Waals surface area contributed by atoms with Gasteiger partial charge in [0.2, 0.25) is 0 Å². The smallest absolute Gasteiger partial charge is 0.261 e. The Labute approximate surface area is 197 Å². The molecule has 3 aliphatic heterocycles. The lowest BCUT2D eigenvalue weighted by atomic mass is 9.83. The zero-order valence-corrected chi connectivity index (χ0v) is 19.1. The van der Waals surface area contributed by atoms with E-state index < -0.39 is 11.6 Å². The number of carbonyl (C=O) groups is 2. The number of ether oxygens (including phenoxy) is 1. The van der Waals surface area contributed by atoms with Crippen molar-refractivity contribution in [2.24, 2.45) is 11.8 Å². The van der Waals surface area contributed by atoms with Gasteiger partial charge in [-0.05, 0) is 43.0 Å². The Morgan fingerprint density at radius 3 is 2.03 bits per heavy atom. The van der Waals surface area contributed by atoms with Gasteiger partial charge in [0, 0.05) is 38.3 Å². The molecule has 5 rings (SSSR count). The van der Waals surface area contributed by atoms with E-state index in [1.165, 1.54) is 19.2 Å². The van der Waals surface area contributed by atoms with Crippen molar-refractivity contribution >= 4 is 23.2 Å². The van der Waals surface area contributed by atoms with Crippen LogP contribution in [0, 0.1) is 23.5 Å². The van der Waals surface area contributed by atoms with Crippen LogP contribution < -0.4 is 10.2 Å². The summed E-state index contributed by atoms with van der Waals surface area (Å²) in [6.45, 7) is 3.21. The van der Waals surface area contributed by atoms with E-state index in [-0.39, 0.29) is 30.7 Å². The molecule has 182 valence electrons. The first-order valence-corrected chi connectivity index (χ1v) is 11.5. The fourth-order valence-corrected chi connectivity index (χ4v) is 4.60. The van der Waals surface area contributed by atoms with Crippen LogP contribution in [0.3, 0.4) is 0 Å². The number of piperidine rings is 1. The van der Waals surface area contributed by atoms with E-state index in [9.17, 15) is 18.4 Å². The number of carbonyl (C=O) groups excluding carboxylic acids is 2. The molecule has 0 radical (unpaired) electrons. The molecule has 2 amide bonds. The summed E-state index contributed by atoms with van der Waals surface area (Å²) < 4.78 is 33.7. The predicted molar refractivity (Wildman–Crippen MR) is 124 cm³/mol. The van der Waals surface area contributed by atoms with Crippen molar-refractivity contribution in [2.75, 3.05) is 56.7 Å². The molecule has 9 heteroatoms. The number of benzene rings is 2. The Kier molecular flexibility index (Phi) is 7.43. The van der Waals surface area contributed by atoms with Gasteiger partial charge in [-0.15, -0.1) is 0 Å². The van der Waals surface area contributed by atoms with Crippen LogP contribution in [0.1, 0.15) is 33.6 Å². The third-order valence-electron chi connectivity index (χ3n) is 6.64. The van der Waals surface area contributed by atoms with Crippen LogP contribution >= 0.6 is 0 Å². The minimum absolute atomic E-state index is 0.0675. The number of fused-ring (bicyclic) bond motifs is 1. The van der Waals surface area contributed by atoms with Gasteiger partial charge in [-0.1, -0.05) is 12.1 Å². The average Bonchev–Trinajstić information content (AvgIpc) is 3.02. The van der Waals surface area contributed by atoms with Gasteiger partial charge in [-0.2, -0.15) is 0 Å². The summed E-state index contributed by atoms with van der Waals surface area (Å²) >= 11 is 0. The Morgan fingerprint density at radius 1 is 1.00 bits per heavy atom. The van der Waals surface area contributed by atoms with Crippen LogP contribution in [-0.4, -0.2) is 68.3 Å². The molecule has 2 aromatic rings. The lowest BCUT2D eigenvalue weighted by molar-refractivity contribution is -0.0651. The average molecular weight is 474 g/mol. The van der Waals surface area contributed by atoms with E-state index in [1.807, 2.05) is 0 Å². The molecule has 0 unspecified atom stereocenters. The van der Waals surface area contributed by atoms with Crippen molar-refractivity contribution in [1.29, 1.82) is 0 Å². The summed E-state index contributed by atoms with van der Waals surface area (Å²) in [7, 11) is 1.49. The lowest BCUT2D eigenvalue weighted by Gasteiger charge is -2.40. The van der Waals surface area contributed by atoms with E-state index in [2.05, 4.69) is 5.32 Å². The van der Waals surface area contributed by atoms with E-state index >= 15 is 0 Å². The quantitative estimate of drug-likeness (QED) is 0.650. The highest BCUT2D eigenvalue weighted by Gasteiger charge is 2.33. The Morgan fingerprint density at radius 2 is 1.56 bits per heavy atom. The molecule has 2 aromatic carbocycles. The Bertz CT molecular complexity index is 994. The standard InChI is InChI=1S/C16H22F2N2O2.C9H7NO2/c17-14-7-13(19-3-6-21)8-15(18)16(14)20-4-1-11(2-5-20)12-9-22-10-12;1-10-8(11)6-4-2-3-5-7(6)9(10)12/h7-8,11-12,19,21H,1-6,9-10H2;2-5H,1H3. The summed E-state index contributed by atoms with van der Waals surface area (Å²) in [5.41, 5.74) is 1.43. The van der Waals surface area contributed by atoms with E-state index in [0.29, 0.717) is 41.7 Å². The minimum Gasteiger partial charge on any atom is -0.395 e. The van der Waals surface area contributed by atoms with Crippen LogP contribution in [0.5, 0.6) is 0 Å². The highest BCUT2D eigenvalue weighted by molar-refractivity contribution is 6.21. The molecule has 2 fully saturated rings. The van der Waals surface area contributed by atoms with E-state index in [0.717, 1.165) is 31.0 Å². The van der Waals surface area contributed by atoms with Gasteiger partial charge in [0.05, 0.1) is 30.9 Å². The first-order chi connectivity index (χ1) is 16.4. The third-order valence-corrected chi connectivity index (χ3v) is 6.64. The summed E-state index contributed by atoms with van der Waals surface area (Å²) in [5.74, 6) is -0.286. The molecule has 2 saturated heterocycles. The second-order valence-electron chi connectivity index (χ2n) is 8.78. The van der Waals surface area contributed by atoms with E-state index in [4.69, 9.17) is 9.84 Å². The fourth-order valence-electron chi connectivity index (χ4n) is 4.60. The second-order valence-corrected chi connectivity index (χ2v) is 8.78. The van der Waals surface area contributed by atoms with Gasteiger partial charge in [-0.3, -0.25) is 14.5 Å². The van der Waals surface area contributed by atoms with Crippen LogP contribution in [-0.2, 0) is 4.74 Å².